The number of likely N-dealkylation sites (tertiary alicyclic amines) is 1. The lowest BCUT2D eigenvalue weighted by atomic mass is 9.73. The molecular formula is C17H30N2O. The van der Waals surface area contributed by atoms with Crippen LogP contribution in [0.1, 0.15) is 71.1 Å². The van der Waals surface area contributed by atoms with Crippen molar-refractivity contribution in [1.82, 2.24) is 4.90 Å². The van der Waals surface area contributed by atoms with Gasteiger partial charge >= 0.3 is 0 Å². The zero-order valence-electron chi connectivity index (χ0n) is 12.9. The minimum Gasteiger partial charge on any atom is -0.338 e. The summed E-state index contributed by atoms with van der Waals surface area (Å²) in [6.07, 6.45) is 11.8. The third-order valence-electron chi connectivity index (χ3n) is 5.96. The first-order valence-corrected chi connectivity index (χ1v) is 8.70. The van der Waals surface area contributed by atoms with Crippen molar-refractivity contribution in [2.24, 2.45) is 17.6 Å². The van der Waals surface area contributed by atoms with Crippen molar-refractivity contribution in [1.29, 1.82) is 0 Å². The SMILES string of the molecule is CC1CCCC(N)(C(=O)N2CCC[C@H]3CCCC[C@H]32)C1. The summed E-state index contributed by atoms with van der Waals surface area (Å²) < 4.78 is 0. The molecule has 20 heavy (non-hydrogen) atoms. The van der Waals surface area contributed by atoms with E-state index < -0.39 is 5.54 Å². The maximum absolute atomic E-state index is 13.1. The lowest BCUT2D eigenvalue weighted by Gasteiger charge is -2.48. The Labute approximate surface area is 123 Å². The third-order valence-corrected chi connectivity index (χ3v) is 5.96. The number of fused-ring (bicyclic) bond motifs is 1. The van der Waals surface area contributed by atoms with E-state index in [0.717, 1.165) is 31.7 Å². The quantitative estimate of drug-likeness (QED) is 0.801. The van der Waals surface area contributed by atoms with Gasteiger partial charge in [0.15, 0.2) is 0 Å². The van der Waals surface area contributed by atoms with E-state index in [0.29, 0.717) is 12.0 Å². The Morgan fingerprint density at radius 1 is 1.10 bits per heavy atom. The fourth-order valence-corrected chi connectivity index (χ4v) is 4.95. The standard InChI is InChI=1S/C17H30N2O/c1-13-6-4-10-17(18,12-13)16(20)19-11-5-8-14-7-2-3-9-15(14)19/h13-15H,2-12,18H2,1H3/t13?,14-,15-,17?/m1/s1. The van der Waals surface area contributed by atoms with Crippen LogP contribution in [0.4, 0.5) is 0 Å². The van der Waals surface area contributed by atoms with Gasteiger partial charge in [0.2, 0.25) is 5.91 Å². The van der Waals surface area contributed by atoms with Crippen LogP contribution in [0.15, 0.2) is 0 Å². The fraction of sp³-hybridized carbons (Fsp3) is 0.941. The molecule has 0 radical (unpaired) electrons. The Balaban J connectivity index is 1.74. The number of rotatable bonds is 1. The predicted octanol–water partition coefficient (Wildman–Crippen LogP) is 3.08. The van der Waals surface area contributed by atoms with E-state index in [1.54, 1.807) is 0 Å². The average molecular weight is 278 g/mol. The highest BCUT2D eigenvalue weighted by Gasteiger charge is 2.45. The number of amides is 1. The summed E-state index contributed by atoms with van der Waals surface area (Å²) in [5.41, 5.74) is 6.00. The monoisotopic (exact) mass is 278 g/mol. The summed E-state index contributed by atoms with van der Waals surface area (Å²) in [6.45, 7) is 3.20. The van der Waals surface area contributed by atoms with Crippen molar-refractivity contribution in [3.8, 4) is 0 Å². The molecule has 3 rings (SSSR count). The largest absolute Gasteiger partial charge is 0.338 e. The Hall–Kier alpha value is -0.570. The molecule has 0 aromatic heterocycles. The van der Waals surface area contributed by atoms with Gasteiger partial charge in [-0.15, -0.1) is 0 Å². The average Bonchev–Trinajstić information content (AvgIpc) is 2.45. The van der Waals surface area contributed by atoms with Crippen molar-refractivity contribution >= 4 is 5.91 Å². The van der Waals surface area contributed by atoms with Crippen molar-refractivity contribution in [3.05, 3.63) is 0 Å². The summed E-state index contributed by atoms with van der Waals surface area (Å²) in [5.74, 6) is 1.64. The Kier molecular flexibility index (Phi) is 4.07. The second kappa shape index (κ2) is 5.67. The molecule has 1 amide bonds. The maximum Gasteiger partial charge on any atom is 0.242 e. The predicted molar refractivity (Wildman–Crippen MR) is 81.2 cm³/mol. The van der Waals surface area contributed by atoms with E-state index in [1.807, 2.05) is 0 Å². The molecule has 1 heterocycles. The van der Waals surface area contributed by atoms with Crippen LogP contribution in [-0.2, 0) is 4.79 Å². The molecular weight excluding hydrogens is 248 g/mol. The van der Waals surface area contributed by atoms with Gasteiger partial charge in [0.1, 0.15) is 0 Å². The first kappa shape index (κ1) is 14.4. The smallest absolute Gasteiger partial charge is 0.242 e. The van der Waals surface area contributed by atoms with Gasteiger partial charge in [0.05, 0.1) is 5.54 Å². The van der Waals surface area contributed by atoms with Crippen LogP contribution >= 0.6 is 0 Å². The number of nitrogens with zero attached hydrogens (tertiary/aromatic N) is 1. The van der Waals surface area contributed by atoms with Crippen LogP contribution in [0.2, 0.25) is 0 Å². The van der Waals surface area contributed by atoms with Crippen LogP contribution in [0, 0.1) is 11.8 Å². The first-order chi connectivity index (χ1) is 9.60. The highest BCUT2D eigenvalue weighted by Crippen LogP contribution is 2.38. The normalized spacial score (nSPS) is 42.1. The van der Waals surface area contributed by atoms with E-state index in [2.05, 4.69) is 11.8 Å². The Bertz CT molecular complexity index is 368. The highest BCUT2D eigenvalue weighted by atomic mass is 16.2. The summed E-state index contributed by atoms with van der Waals surface area (Å²) in [4.78, 5) is 15.3. The molecule has 0 spiro atoms. The van der Waals surface area contributed by atoms with Crippen LogP contribution in [0.3, 0.4) is 0 Å². The number of carbonyl (C=O) groups is 1. The summed E-state index contributed by atoms with van der Waals surface area (Å²) in [7, 11) is 0. The van der Waals surface area contributed by atoms with Crippen molar-refractivity contribution in [2.75, 3.05) is 6.54 Å². The molecule has 2 unspecified atom stereocenters. The molecule has 1 saturated heterocycles. The molecule has 3 heteroatoms. The number of nitrogens with two attached hydrogens (primary N) is 1. The molecule has 0 aromatic carbocycles. The lowest BCUT2D eigenvalue weighted by molar-refractivity contribution is -0.145. The van der Waals surface area contributed by atoms with Crippen LogP contribution in [0.25, 0.3) is 0 Å². The number of piperidine rings is 1. The summed E-state index contributed by atoms with van der Waals surface area (Å²) in [6, 6.07) is 0.502. The van der Waals surface area contributed by atoms with Gasteiger partial charge in [-0.2, -0.15) is 0 Å². The van der Waals surface area contributed by atoms with Gasteiger partial charge in [-0.3, -0.25) is 4.79 Å². The minimum absolute atomic E-state index is 0.278. The molecule has 114 valence electrons. The fourth-order valence-electron chi connectivity index (χ4n) is 4.95. The maximum atomic E-state index is 13.1. The van der Waals surface area contributed by atoms with Gasteiger partial charge in [-0.1, -0.05) is 32.6 Å². The molecule has 3 aliphatic rings. The second-order valence-corrected chi connectivity index (χ2v) is 7.61. The zero-order chi connectivity index (χ0) is 14.2. The molecule has 2 N–H and O–H groups in total. The molecule has 1 aliphatic heterocycles. The molecule has 0 aromatic rings. The van der Waals surface area contributed by atoms with E-state index in [1.165, 1.54) is 44.9 Å². The lowest BCUT2D eigenvalue weighted by Crippen LogP contribution is -2.62. The summed E-state index contributed by atoms with van der Waals surface area (Å²) in [5, 5.41) is 0. The van der Waals surface area contributed by atoms with Crippen LogP contribution < -0.4 is 5.73 Å². The minimum atomic E-state index is -0.559. The zero-order valence-corrected chi connectivity index (χ0v) is 12.9. The molecule has 2 aliphatic carbocycles. The molecule has 2 saturated carbocycles. The van der Waals surface area contributed by atoms with Gasteiger partial charge in [-0.05, 0) is 50.4 Å². The van der Waals surface area contributed by atoms with E-state index in [-0.39, 0.29) is 5.91 Å². The molecule has 3 nitrogen and oxygen atoms in total. The van der Waals surface area contributed by atoms with Gasteiger partial charge in [-0.25, -0.2) is 0 Å². The van der Waals surface area contributed by atoms with Crippen LogP contribution in [0.5, 0.6) is 0 Å². The molecule has 0 bridgehead atoms. The van der Waals surface area contributed by atoms with Crippen molar-refractivity contribution in [2.45, 2.75) is 82.7 Å². The van der Waals surface area contributed by atoms with Crippen molar-refractivity contribution in [3.63, 3.8) is 0 Å². The Morgan fingerprint density at radius 3 is 2.65 bits per heavy atom. The topological polar surface area (TPSA) is 46.3 Å². The first-order valence-electron chi connectivity index (χ1n) is 8.70. The number of hydrogen-bond acceptors (Lipinski definition) is 2. The Morgan fingerprint density at radius 2 is 1.85 bits per heavy atom. The number of hydrogen-bond donors (Lipinski definition) is 1. The van der Waals surface area contributed by atoms with Gasteiger partial charge < -0.3 is 10.6 Å². The third kappa shape index (κ3) is 2.61. The second-order valence-electron chi connectivity index (χ2n) is 7.61. The van der Waals surface area contributed by atoms with E-state index >= 15 is 0 Å². The van der Waals surface area contributed by atoms with Crippen molar-refractivity contribution < 1.29 is 4.79 Å². The van der Waals surface area contributed by atoms with E-state index in [4.69, 9.17) is 5.73 Å². The molecule has 4 atom stereocenters. The number of carbonyl (C=O) groups excluding carboxylic acids is 1. The van der Waals surface area contributed by atoms with Gasteiger partial charge in [0.25, 0.3) is 0 Å². The molecule has 3 fully saturated rings. The van der Waals surface area contributed by atoms with Gasteiger partial charge in [0, 0.05) is 12.6 Å². The highest BCUT2D eigenvalue weighted by molar-refractivity contribution is 5.86. The van der Waals surface area contributed by atoms with Crippen LogP contribution in [-0.4, -0.2) is 28.9 Å². The van der Waals surface area contributed by atoms with E-state index in [9.17, 15) is 4.79 Å². The summed E-state index contributed by atoms with van der Waals surface area (Å²) >= 11 is 0.